The van der Waals surface area contributed by atoms with Crippen molar-refractivity contribution in [3.63, 3.8) is 0 Å². The minimum Gasteiger partial charge on any atom is -0.206 e. The summed E-state index contributed by atoms with van der Waals surface area (Å²) in [5.41, 5.74) is 1.48. The van der Waals surface area contributed by atoms with Crippen LogP contribution in [0.15, 0.2) is 55.6 Å². The summed E-state index contributed by atoms with van der Waals surface area (Å²) in [5.74, 6) is 5.31. The first-order valence-corrected chi connectivity index (χ1v) is 13.0. The molecule has 0 heterocycles. The topological polar surface area (TPSA) is 0 Å². The Morgan fingerprint density at radius 2 is 1.51 bits per heavy atom. The minimum atomic E-state index is -0.923. The van der Waals surface area contributed by atoms with Gasteiger partial charge in [-0.3, -0.25) is 0 Å². The Balaban J connectivity index is 1.44. The van der Waals surface area contributed by atoms with Crippen molar-refractivity contribution in [2.24, 2.45) is 17.8 Å². The zero-order valence-corrected chi connectivity index (χ0v) is 20.5. The van der Waals surface area contributed by atoms with Crippen molar-refractivity contribution >= 4 is 0 Å². The predicted octanol–water partition coefficient (Wildman–Crippen LogP) is 8.89. The van der Waals surface area contributed by atoms with Gasteiger partial charge in [-0.1, -0.05) is 42.5 Å². The maximum Gasteiger partial charge on any atom is 0.174 e. The van der Waals surface area contributed by atoms with Gasteiger partial charge in [-0.15, -0.1) is 13.2 Å². The molecule has 0 amide bonds. The molecule has 35 heavy (non-hydrogen) atoms. The zero-order chi connectivity index (χ0) is 24.8. The average Bonchev–Trinajstić information content (AvgIpc) is 2.87. The highest BCUT2D eigenvalue weighted by atomic mass is 19.2. The monoisotopic (exact) mass is 476 g/mol. The second-order valence-corrected chi connectivity index (χ2v) is 10.3. The molecule has 2 fully saturated rings. The molecule has 0 spiro atoms. The van der Waals surface area contributed by atoms with Crippen LogP contribution in [0.25, 0.3) is 0 Å². The van der Waals surface area contributed by atoms with Crippen LogP contribution in [0.4, 0.5) is 13.2 Å². The Kier molecular flexibility index (Phi) is 8.55. The van der Waals surface area contributed by atoms with E-state index in [0.29, 0.717) is 23.8 Å². The van der Waals surface area contributed by atoms with Gasteiger partial charge in [0.15, 0.2) is 11.6 Å². The van der Waals surface area contributed by atoms with Gasteiger partial charge in [0.25, 0.3) is 0 Å². The van der Waals surface area contributed by atoms with Gasteiger partial charge in [0.2, 0.25) is 0 Å². The molecule has 2 aliphatic carbocycles. The summed E-state index contributed by atoms with van der Waals surface area (Å²) in [6.07, 6.45) is 14.2. The molecule has 0 aliphatic heterocycles. The summed E-state index contributed by atoms with van der Waals surface area (Å²) in [6, 6.07) is 8.08. The lowest BCUT2D eigenvalue weighted by atomic mass is 9.63. The summed E-state index contributed by atoms with van der Waals surface area (Å²) in [6.45, 7) is 7.51. The molecular formula is C32H35F3. The molecule has 3 heteroatoms. The maximum absolute atomic E-state index is 15.1. The zero-order valence-electron chi connectivity index (χ0n) is 20.5. The molecular weight excluding hydrogens is 441 g/mol. The lowest BCUT2D eigenvalue weighted by Gasteiger charge is -2.42. The quantitative estimate of drug-likeness (QED) is 0.276. The highest BCUT2D eigenvalue weighted by molar-refractivity contribution is 5.46. The van der Waals surface area contributed by atoms with Crippen molar-refractivity contribution in [2.45, 2.75) is 70.1 Å². The highest BCUT2D eigenvalue weighted by Gasteiger charge is 2.36. The SMILES string of the molecule is C=CCCc1ccc(C#Cc2ccc(C3CCC4CC(CCC=C)CCC4C3)c(F)c2F)c(F)c1. The number of allylic oxidation sites excluding steroid dienone is 2. The largest absolute Gasteiger partial charge is 0.206 e. The number of hydrogen-bond acceptors (Lipinski definition) is 0. The molecule has 2 aromatic carbocycles. The molecule has 4 unspecified atom stereocenters. The molecule has 4 rings (SSSR count). The van der Waals surface area contributed by atoms with E-state index in [9.17, 15) is 8.78 Å². The van der Waals surface area contributed by atoms with Gasteiger partial charge in [0, 0.05) is 0 Å². The first-order valence-electron chi connectivity index (χ1n) is 13.0. The summed E-state index contributed by atoms with van der Waals surface area (Å²) >= 11 is 0. The Bertz CT molecular complexity index is 1120. The van der Waals surface area contributed by atoms with Crippen molar-refractivity contribution in [1.29, 1.82) is 0 Å². The minimum absolute atomic E-state index is 0.0298. The predicted molar refractivity (Wildman–Crippen MR) is 138 cm³/mol. The Hall–Kier alpha value is -2.73. The van der Waals surface area contributed by atoms with Crippen LogP contribution in [0.2, 0.25) is 0 Å². The lowest BCUT2D eigenvalue weighted by molar-refractivity contribution is 0.114. The Morgan fingerprint density at radius 3 is 2.29 bits per heavy atom. The molecule has 0 saturated heterocycles. The molecule has 0 N–H and O–H groups in total. The number of aryl methyl sites for hydroxylation is 1. The van der Waals surface area contributed by atoms with E-state index in [2.05, 4.69) is 25.0 Å². The first kappa shape index (κ1) is 25.4. The smallest absolute Gasteiger partial charge is 0.174 e. The summed E-state index contributed by atoms with van der Waals surface area (Å²) in [4.78, 5) is 0. The molecule has 4 atom stereocenters. The van der Waals surface area contributed by atoms with Gasteiger partial charge in [-0.25, -0.2) is 13.2 Å². The van der Waals surface area contributed by atoms with Crippen LogP contribution in [0.1, 0.15) is 86.0 Å². The summed E-state index contributed by atoms with van der Waals surface area (Å²) in [5, 5.41) is 0. The third-order valence-corrected chi connectivity index (χ3v) is 8.06. The second-order valence-electron chi connectivity index (χ2n) is 10.3. The molecule has 184 valence electrons. The van der Waals surface area contributed by atoms with Crippen molar-refractivity contribution in [2.75, 3.05) is 0 Å². The normalized spacial score (nSPS) is 23.6. The van der Waals surface area contributed by atoms with Gasteiger partial charge >= 0.3 is 0 Å². The third-order valence-electron chi connectivity index (χ3n) is 8.06. The van der Waals surface area contributed by atoms with E-state index in [1.54, 1.807) is 30.3 Å². The van der Waals surface area contributed by atoms with Gasteiger partial charge in [0.05, 0.1) is 11.1 Å². The van der Waals surface area contributed by atoms with Crippen LogP contribution in [0.5, 0.6) is 0 Å². The molecule has 2 aromatic rings. The molecule has 0 aromatic heterocycles. The van der Waals surface area contributed by atoms with E-state index in [0.717, 1.165) is 43.6 Å². The summed E-state index contributed by atoms with van der Waals surface area (Å²) < 4.78 is 44.4. The van der Waals surface area contributed by atoms with E-state index in [4.69, 9.17) is 0 Å². The van der Waals surface area contributed by atoms with Crippen LogP contribution in [-0.2, 0) is 6.42 Å². The van der Waals surface area contributed by atoms with E-state index >= 15 is 4.39 Å². The van der Waals surface area contributed by atoms with Crippen LogP contribution in [0.3, 0.4) is 0 Å². The first-order chi connectivity index (χ1) is 17.0. The molecule has 2 aliphatic rings. The molecule has 0 radical (unpaired) electrons. The van der Waals surface area contributed by atoms with Gasteiger partial charge in [-0.2, -0.15) is 0 Å². The van der Waals surface area contributed by atoms with Crippen molar-refractivity contribution in [1.82, 2.24) is 0 Å². The lowest BCUT2D eigenvalue weighted by Crippen LogP contribution is -2.30. The van der Waals surface area contributed by atoms with Gasteiger partial charge < -0.3 is 0 Å². The fraction of sp³-hybridized carbons (Fsp3) is 0.438. The average molecular weight is 477 g/mol. The maximum atomic E-state index is 15.1. The number of fused-ring (bicyclic) bond motifs is 1. The van der Waals surface area contributed by atoms with Crippen molar-refractivity contribution in [3.8, 4) is 11.8 Å². The van der Waals surface area contributed by atoms with Crippen LogP contribution < -0.4 is 0 Å². The Morgan fingerprint density at radius 1 is 0.800 bits per heavy atom. The standard InChI is InChI=1S/C32H35F3/c1-3-5-7-22-10-12-27-21-28(16-15-26(27)19-22)29-18-17-25(31(34)32(29)35)14-13-24-11-9-23(8-6-4-2)20-30(24)33/h3-4,9,11,17-18,20,22,26-28H,1-2,5-8,10,12,15-16,19,21H2. The van der Waals surface area contributed by atoms with E-state index in [1.165, 1.54) is 31.7 Å². The summed E-state index contributed by atoms with van der Waals surface area (Å²) in [7, 11) is 0. The fourth-order valence-corrected chi connectivity index (χ4v) is 6.08. The van der Waals surface area contributed by atoms with E-state index < -0.39 is 17.5 Å². The highest BCUT2D eigenvalue weighted by Crippen LogP contribution is 2.48. The molecule has 0 bridgehead atoms. The number of rotatable bonds is 7. The van der Waals surface area contributed by atoms with E-state index in [1.807, 2.05) is 6.08 Å². The molecule has 2 saturated carbocycles. The van der Waals surface area contributed by atoms with Crippen molar-refractivity contribution in [3.05, 3.63) is 95.3 Å². The van der Waals surface area contributed by atoms with E-state index in [-0.39, 0.29) is 17.0 Å². The van der Waals surface area contributed by atoms with Crippen molar-refractivity contribution < 1.29 is 13.2 Å². The van der Waals surface area contributed by atoms with Crippen LogP contribution >= 0.6 is 0 Å². The third kappa shape index (κ3) is 6.10. The van der Waals surface area contributed by atoms with Crippen LogP contribution in [-0.4, -0.2) is 0 Å². The second kappa shape index (κ2) is 11.8. The Labute approximate surface area is 208 Å². The fourth-order valence-electron chi connectivity index (χ4n) is 6.08. The van der Waals surface area contributed by atoms with Gasteiger partial charge in [0.1, 0.15) is 5.82 Å². The number of hydrogen-bond donors (Lipinski definition) is 0. The number of benzene rings is 2. The van der Waals surface area contributed by atoms with Crippen LogP contribution in [0, 0.1) is 47.0 Å². The number of halogens is 3. The molecule has 0 nitrogen and oxygen atoms in total. The van der Waals surface area contributed by atoms with Gasteiger partial charge in [-0.05, 0) is 111 Å².